The van der Waals surface area contributed by atoms with Gasteiger partial charge in [-0.25, -0.2) is 0 Å². The maximum atomic E-state index is 4.28. The molecule has 2 unspecified atom stereocenters. The maximum Gasteiger partial charge on any atom is 0.203 e. The van der Waals surface area contributed by atoms with Crippen LogP contribution in [-0.2, 0) is 0 Å². The number of rotatable bonds is 5. The van der Waals surface area contributed by atoms with Crippen LogP contribution in [0, 0.1) is 11.8 Å². The molecule has 0 N–H and O–H groups in total. The maximum absolute atomic E-state index is 4.28. The van der Waals surface area contributed by atoms with Crippen molar-refractivity contribution in [2.24, 2.45) is 22.1 Å². The minimum absolute atomic E-state index is 0.539. The van der Waals surface area contributed by atoms with Gasteiger partial charge < -0.3 is 0 Å². The number of aromatic nitrogens is 2. The van der Waals surface area contributed by atoms with Gasteiger partial charge in [0, 0.05) is 10.8 Å². The van der Waals surface area contributed by atoms with Crippen LogP contribution in [0.5, 0.6) is 0 Å². The Morgan fingerprint density at radius 1 is 1.16 bits per heavy atom. The number of azo groups is 1. The standard InChI is InChI=1S/C15H20N4/c1-4-11(2)12(3)9-16-18-15-14-8-6-5-7-13(14)10-17-19-15/h5-8,10-12H,4,9H2,1-3H3. The molecule has 0 saturated carbocycles. The molecule has 0 saturated heterocycles. The summed E-state index contributed by atoms with van der Waals surface area (Å²) in [6, 6.07) is 7.96. The summed E-state index contributed by atoms with van der Waals surface area (Å²) < 4.78 is 0. The first-order valence-corrected chi connectivity index (χ1v) is 6.80. The van der Waals surface area contributed by atoms with Crippen LogP contribution in [0.25, 0.3) is 10.8 Å². The van der Waals surface area contributed by atoms with Gasteiger partial charge in [0.25, 0.3) is 0 Å². The van der Waals surface area contributed by atoms with Crippen LogP contribution in [0.15, 0.2) is 40.7 Å². The lowest BCUT2D eigenvalue weighted by molar-refractivity contribution is 0.382. The van der Waals surface area contributed by atoms with Gasteiger partial charge in [-0.1, -0.05) is 51.5 Å². The molecule has 0 radical (unpaired) electrons. The molecule has 100 valence electrons. The zero-order chi connectivity index (χ0) is 13.7. The third-order valence-electron chi connectivity index (χ3n) is 3.70. The number of hydrogen-bond acceptors (Lipinski definition) is 4. The average Bonchev–Trinajstić information content (AvgIpc) is 2.46. The van der Waals surface area contributed by atoms with Crippen LogP contribution in [0.3, 0.4) is 0 Å². The number of fused-ring (bicyclic) bond motifs is 1. The Labute approximate surface area is 114 Å². The van der Waals surface area contributed by atoms with E-state index in [-0.39, 0.29) is 0 Å². The van der Waals surface area contributed by atoms with Crippen molar-refractivity contribution in [3.05, 3.63) is 30.5 Å². The lowest BCUT2D eigenvalue weighted by Gasteiger charge is -2.14. The molecule has 2 aromatic rings. The second kappa shape index (κ2) is 6.36. The molecule has 0 fully saturated rings. The van der Waals surface area contributed by atoms with E-state index >= 15 is 0 Å². The van der Waals surface area contributed by atoms with E-state index in [2.05, 4.69) is 41.2 Å². The van der Waals surface area contributed by atoms with Gasteiger partial charge in [-0.05, 0) is 11.8 Å². The summed E-state index contributed by atoms with van der Waals surface area (Å²) in [5.74, 6) is 1.81. The quantitative estimate of drug-likeness (QED) is 0.745. The van der Waals surface area contributed by atoms with E-state index in [4.69, 9.17) is 0 Å². The summed E-state index contributed by atoms with van der Waals surface area (Å²) in [6.07, 6.45) is 2.92. The lowest BCUT2D eigenvalue weighted by atomic mass is 9.94. The van der Waals surface area contributed by atoms with E-state index < -0.39 is 0 Å². The van der Waals surface area contributed by atoms with Crippen LogP contribution in [0.1, 0.15) is 27.2 Å². The normalized spacial score (nSPS) is 14.9. The topological polar surface area (TPSA) is 50.5 Å². The average molecular weight is 256 g/mol. The van der Waals surface area contributed by atoms with Gasteiger partial charge in [-0.3, -0.25) is 0 Å². The van der Waals surface area contributed by atoms with Gasteiger partial charge in [0.1, 0.15) is 0 Å². The van der Waals surface area contributed by atoms with Crippen molar-refractivity contribution >= 4 is 16.6 Å². The number of benzene rings is 1. The largest absolute Gasteiger partial charge is 0.203 e. The number of hydrogen-bond donors (Lipinski definition) is 0. The van der Waals surface area contributed by atoms with E-state index in [1.54, 1.807) is 6.20 Å². The zero-order valence-electron chi connectivity index (χ0n) is 11.7. The van der Waals surface area contributed by atoms with Crippen molar-refractivity contribution in [3.63, 3.8) is 0 Å². The van der Waals surface area contributed by atoms with Gasteiger partial charge in [-0.2, -0.15) is 10.2 Å². The molecule has 19 heavy (non-hydrogen) atoms. The van der Waals surface area contributed by atoms with Crippen molar-refractivity contribution in [2.75, 3.05) is 6.54 Å². The predicted molar refractivity (Wildman–Crippen MR) is 77.5 cm³/mol. The summed E-state index contributed by atoms with van der Waals surface area (Å²) in [6.45, 7) is 7.40. The lowest BCUT2D eigenvalue weighted by Crippen LogP contribution is -2.09. The third kappa shape index (κ3) is 3.34. The van der Waals surface area contributed by atoms with Crippen molar-refractivity contribution in [1.82, 2.24) is 10.2 Å². The molecule has 1 aromatic heterocycles. The summed E-state index contributed by atoms with van der Waals surface area (Å²) in [5.41, 5.74) is 0. The van der Waals surface area contributed by atoms with E-state index in [1.807, 2.05) is 24.3 Å². The molecular formula is C15H20N4. The fourth-order valence-corrected chi connectivity index (χ4v) is 1.91. The van der Waals surface area contributed by atoms with E-state index in [0.717, 1.165) is 17.3 Å². The van der Waals surface area contributed by atoms with Crippen LogP contribution in [0.4, 0.5) is 5.82 Å². The fraction of sp³-hybridized carbons (Fsp3) is 0.467. The van der Waals surface area contributed by atoms with Crippen molar-refractivity contribution in [3.8, 4) is 0 Å². The van der Waals surface area contributed by atoms with E-state index in [1.165, 1.54) is 6.42 Å². The molecule has 2 rings (SSSR count). The molecule has 0 spiro atoms. The van der Waals surface area contributed by atoms with Crippen molar-refractivity contribution in [1.29, 1.82) is 0 Å². The van der Waals surface area contributed by atoms with Crippen LogP contribution >= 0.6 is 0 Å². The van der Waals surface area contributed by atoms with Gasteiger partial charge >= 0.3 is 0 Å². The van der Waals surface area contributed by atoms with Gasteiger partial charge in [0.2, 0.25) is 5.82 Å². The highest BCUT2D eigenvalue weighted by molar-refractivity contribution is 5.89. The smallest absolute Gasteiger partial charge is 0.187 e. The minimum atomic E-state index is 0.539. The first-order chi connectivity index (χ1) is 9.22. The van der Waals surface area contributed by atoms with Crippen LogP contribution < -0.4 is 0 Å². The Morgan fingerprint density at radius 3 is 2.74 bits per heavy atom. The summed E-state index contributed by atoms with van der Waals surface area (Å²) in [7, 11) is 0. The van der Waals surface area contributed by atoms with Gasteiger partial charge in [0.15, 0.2) is 0 Å². The molecule has 0 aliphatic rings. The Kier molecular flexibility index (Phi) is 4.55. The summed E-state index contributed by atoms with van der Waals surface area (Å²) in [4.78, 5) is 0. The molecule has 4 nitrogen and oxygen atoms in total. The molecule has 0 aliphatic carbocycles. The van der Waals surface area contributed by atoms with Crippen molar-refractivity contribution < 1.29 is 0 Å². The van der Waals surface area contributed by atoms with E-state index in [9.17, 15) is 0 Å². The van der Waals surface area contributed by atoms with Gasteiger partial charge in [-0.15, -0.1) is 10.2 Å². The molecule has 2 atom stereocenters. The first-order valence-electron chi connectivity index (χ1n) is 6.80. The molecule has 0 bridgehead atoms. The Bertz CT molecular complexity index is 560. The first kappa shape index (κ1) is 13.6. The summed E-state index contributed by atoms with van der Waals surface area (Å²) in [5, 5.41) is 18.6. The molecule has 0 aliphatic heterocycles. The zero-order valence-corrected chi connectivity index (χ0v) is 11.7. The molecule has 1 aromatic carbocycles. The third-order valence-corrected chi connectivity index (χ3v) is 3.70. The highest BCUT2D eigenvalue weighted by Crippen LogP contribution is 2.22. The van der Waals surface area contributed by atoms with Crippen molar-refractivity contribution in [2.45, 2.75) is 27.2 Å². The SMILES string of the molecule is CCC(C)C(C)CN=Nc1nncc2ccccc12. The molecular weight excluding hydrogens is 236 g/mol. The van der Waals surface area contributed by atoms with Crippen LogP contribution in [0.2, 0.25) is 0 Å². The fourth-order valence-electron chi connectivity index (χ4n) is 1.91. The Balaban J connectivity index is 2.13. The number of nitrogens with zero attached hydrogens (tertiary/aromatic N) is 4. The highest BCUT2D eigenvalue weighted by atomic mass is 15.2. The van der Waals surface area contributed by atoms with Gasteiger partial charge in [0.05, 0.1) is 12.7 Å². The van der Waals surface area contributed by atoms with E-state index in [0.29, 0.717) is 17.7 Å². The minimum Gasteiger partial charge on any atom is -0.187 e. The highest BCUT2D eigenvalue weighted by Gasteiger charge is 2.09. The van der Waals surface area contributed by atoms with Crippen LogP contribution in [-0.4, -0.2) is 16.7 Å². The molecule has 4 heteroatoms. The second-order valence-electron chi connectivity index (χ2n) is 5.04. The molecule has 0 amide bonds. The predicted octanol–water partition coefficient (Wildman–Crippen LogP) is 4.40. The summed E-state index contributed by atoms with van der Waals surface area (Å²) >= 11 is 0. The monoisotopic (exact) mass is 256 g/mol. The Morgan fingerprint density at radius 2 is 1.95 bits per heavy atom. The second-order valence-corrected chi connectivity index (χ2v) is 5.04. The molecule has 1 heterocycles. The Hall–Kier alpha value is -1.84.